The van der Waals surface area contributed by atoms with Crippen molar-refractivity contribution in [3.8, 4) is 0 Å². The van der Waals surface area contributed by atoms with Crippen LogP contribution < -0.4 is 5.32 Å². The molecule has 0 aromatic rings. The highest BCUT2D eigenvalue weighted by Gasteiger charge is 2.00. The van der Waals surface area contributed by atoms with Crippen molar-refractivity contribution in [3.05, 3.63) is 24.3 Å². The Hall–Kier alpha value is -1.09. The third kappa shape index (κ3) is 5.68. The molecule has 1 amide bonds. The number of hydrogen-bond acceptors (Lipinski definition) is 2. The summed E-state index contributed by atoms with van der Waals surface area (Å²) < 4.78 is 0. The third-order valence-electron chi connectivity index (χ3n) is 1.21. The summed E-state index contributed by atoms with van der Waals surface area (Å²) in [7, 11) is 0. The van der Waals surface area contributed by atoms with Crippen LogP contribution in [-0.4, -0.2) is 23.7 Å². The van der Waals surface area contributed by atoms with Gasteiger partial charge in [0.15, 0.2) is 0 Å². The molecule has 0 spiro atoms. The fourth-order valence-electron chi connectivity index (χ4n) is 0.591. The van der Waals surface area contributed by atoms with Crippen LogP contribution in [0.1, 0.15) is 13.8 Å². The van der Waals surface area contributed by atoms with Crippen molar-refractivity contribution in [3.63, 3.8) is 0 Å². The van der Waals surface area contributed by atoms with Crippen molar-refractivity contribution in [1.82, 2.24) is 5.32 Å². The highest BCUT2D eigenvalue weighted by molar-refractivity contribution is 5.87. The van der Waals surface area contributed by atoms with Crippen LogP contribution in [0.25, 0.3) is 0 Å². The zero-order valence-electron chi connectivity index (χ0n) is 7.45. The lowest BCUT2D eigenvalue weighted by Crippen LogP contribution is -2.33. The van der Waals surface area contributed by atoms with Crippen LogP contribution in [0.15, 0.2) is 24.3 Å². The summed E-state index contributed by atoms with van der Waals surface area (Å²) in [5.41, 5.74) is 0. The summed E-state index contributed by atoms with van der Waals surface area (Å²) in [4.78, 5) is 10.9. The second kappa shape index (κ2) is 6.61. The van der Waals surface area contributed by atoms with Gasteiger partial charge in [-0.3, -0.25) is 4.79 Å². The molecule has 2 N–H and O–H groups in total. The van der Waals surface area contributed by atoms with E-state index in [0.717, 1.165) is 0 Å². The molecule has 0 bridgehead atoms. The molecule has 0 aromatic heterocycles. The molecule has 0 saturated carbocycles. The maximum atomic E-state index is 10.9. The first-order valence-corrected chi connectivity index (χ1v) is 3.91. The van der Waals surface area contributed by atoms with Gasteiger partial charge in [0.2, 0.25) is 5.91 Å². The lowest BCUT2D eigenvalue weighted by molar-refractivity contribution is -0.117. The maximum Gasteiger partial charge on any atom is 0.244 e. The number of hydrogen-bond donors (Lipinski definition) is 2. The molecule has 0 radical (unpaired) electrons. The summed E-state index contributed by atoms with van der Waals surface area (Å²) in [6.07, 6.45) is 6.67. The van der Waals surface area contributed by atoms with Crippen LogP contribution in [0.3, 0.4) is 0 Å². The van der Waals surface area contributed by atoms with Crippen LogP contribution in [-0.2, 0) is 4.79 Å². The van der Waals surface area contributed by atoms with Crippen molar-refractivity contribution in [2.75, 3.05) is 6.61 Å². The monoisotopic (exact) mass is 169 g/mol. The molecule has 0 aliphatic carbocycles. The van der Waals surface area contributed by atoms with Gasteiger partial charge in [-0.05, 0) is 13.8 Å². The Labute approximate surface area is 72.8 Å². The van der Waals surface area contributed by atoms with Crippen molar-refractivity contribution < 1.29 is 9.90 Å². The number of aliphatic hydroxyl groups excluding tert-OH is 1. The van der Waals surface area contributed by atoms with E-state index in [1.54, 1.807) is 19.1 Å². The van der Waals surface area contributed by atoms with E-state index >= 15 is 0 Å². The summed E-state index contributed by atoms with van der Waals surface area (Å²) in [6.45, 7) is 3.57. The molecule has 0 heterocycles. The fraction of sp³-hybridized carbons (Fsp3) is 0.444. The van der Waals surface area contributed by atoms with Crippen LogP contribution in [0.4, 0.5) is 0 Å². The van der Waals surface area contributed by atoms with E-state index < -0.39 is 0 Å². The molecule has 0 aliphatic heterocycles. The minimum atomic E-state index is -0.187. The lowest BCUT2D eigenvalue weighted by Gasteiger charge is -2.07. The first-order chi connectivity index (χ1) is 5.70. The van der Waals surface area contributed by atoms with E-state index in [9.17, 15) is 4.79 Å². The van der Waals surface area contributed by atoms with Gasteiger partial charge in [0, 0.05) is 12.1 Å². The average Bonchev–Trinajstić information content (AvgIpc) is 2.05. The second-order valence-corrected chi connectivity index (χ2v) is 2.48. The quantitative estimate of drug-likeness (QED) is 0.478. The second-order valence-electron chi connectivity index (χ2n) is 2.48. The Kier molecular flexibility index (Phi) is 6.01. The topological polar surface area (TPSA) is 49.3 Å². The minimum Gasteiger partial charge on any atom is -0.394 e. The molecule has 0 saturated heterocycles. The van der Waals surface area contributed by atoms with E-state index in [1.165, 1.54) is 6.08 Å². The standard InChI is InChI=1S/C9H15NO2/c1-3-4-5-6-9(12)10-8(2)7-11/h3-6,8,11H,7H2,1-2H3,(H,10,12)/t8-/m1/s1. The molecule has 12 heavy (non-hydrogen) atoms. The van der Waals surface area contributed by atoms with Gasteiger partial charge in [-0.15, -0.1) is 0 Å². The van der Waals surface area contributed by atoms with Gasteiger partial charge in [0.1, 0.15) is 0 Å². The SMILES string of the molecule is CC=CC=CC(=O)N[C@H](C)CO. The van der Waals surface area contributed by atoms with Gasteiger partial charge in [-0.2, -0.15) is 0 Å². The molecular weight excluding hydrogens is 154 g/mol. The van der Waals surface area contributed by atoms with E-state index in [0.29, 0.717) is 0 Å². The van der Waals surface area contributed by atoms with Crippen molar-refractivity contribution in [1.29, 1.82) is 0 Å². The summed E-state index contributed by atoms with van der Waals surface area (Å²) in [5.74, 6) is -0.186. The van der Waals surface area contributed by atoms with Gasteiger partial charge >= 0.3 is 0 Å². The summed E-state index contributed by atoms with van der Waals surface area (Å²) >= 11 is 0. The molecule has 0 unspecified atom stereocenters. The number of rotatable bonds is 4. The van der Waals surface area contributed by atoms with Crippen molar-refractivity contribution in [2.24, 2.45) is 0 Å². The lowest BCUT2D eigenvalue weighted by atomic mass is 10.3. The van der Waals surface area contributed by atoms with Gasteiger partial charge < -0.3 is 10.4 Å². The van der Waals surface area contributed by atoms with Crippen LogP contribution in [0.2, 0.25) is 0 Å². The van der Waals surface area contributed by atoms with E-state index in [1.807, 2.05) is 13.0 Å². The normalized spacial score (nSPS) is 13.9. The van der Waals surface area contributed by atoms with Gasteiger partial charge in [-0.25, -0.2) is 0 Å². The number of carbonyl (C=O) groups excluding carboxylic acids is 1. The van der Waals surface area contributed by atoms with E-state index in [2.05, 4.69) is 5.32 Å². The van der Waals surface area contributed by atoms with Gasteiger partial charge in [0.25, 0.3) is 0 Å². The molecule has 68 valence electrons. The highest BCUT2D eigenvalue weighted by Crippen LogP contribution is 1.81. The minimum absolute atomic E-state index is 0.0385. The molecular formula is C9H15NO2. The maximum absolute atomic E-state index is 10.9. The van der Waals surface area contributed by atoms with Crippen LogP contribution in [0.5, 0.6) is 0 Å². The zero-order chi connectivity index (χ0) is 9.40. The Morgan fingerprint density at radius 1 is 1.58 bits per heavy atom. The summed E-state index contributed by atoms with van der Waals surface area (Å²) in [6, 6.07) is -0.187. The first-order valence-electron chi connectivity index (χ1n) is 3.91. The van der Waals surface area contributed by atoms with E-state index in [-0.39, 0.29) is 18.6 Å². The van der Waals surface area contributed by atoms with Crippen LogP contribution in [0, 0.1) is 0 Å². The molecule has 0 aromatic carbocycles. The fourth-order valence-corrected chi connectivity index (χ4v) is 0.591. The average molecular weight is 169 g/mol. The smallest absolute Gasteiger partial charge is 0.244 e. The third-order valence-corrected chi connectivity index (χ3v) is 1.21. The number of aliphatic hydroxyl groups is 1. The largest absolute Gasteiger partial charge is 0.394 e. The molecule has 0 rings (SSSR count). The number of allylic oxidation sites excluding steroid dienone is 3. The molecule has 0 aliphatic rings. The van der Waals surface area contributed by atoms with Crippen LogP contribution >= 0.6 is 0 Å². The number of carbonyl (C=O) groups is 1. The zero-order valence-corrected chi connectivity index (χ0v) is 7.45. The summed E-state index contributed by atoms with van der Waals surface area (Å²) in [5, 5.41) is 11.2. The number of nitrogens with one attached hydrogen (secondary N) is 1. The van der Waals surface area contributed by atoms with Crippen molar-refractivity contribution >= 4 is 5.91 Å². The highest BCUT2D eigenvalue weighted by atomic mass is 16.3. The predicted octanol–water partition coefficient (Wildman–Crippen LogP) is 0.616. The molecule has 3 nitrogen and oxygen atoms in total. The first kappa shape index (κ1) is 10.9. The van der Waals surface area contributed by atoms with Gasteiger partial charge in [0.05, 0.1) is 6.61 Å². The molecule has 3 heteroatoms. The number of amides is 1. The Morgan fingerprint density at radius 2 is 2.25 bits per heavy atom. The molecule has 1 atom stereocenters. The van der Waals surface area contributed by atoms with Gasteiger partial charge in [-0.1, -0.05) is 18.2 Å². The molecule has 0 fully saturated rings. The Morgan fingerprint density at radius 3 is 2.75 bits per heavy atom. The Balaban J connectivity index is 3.73. The van der Waals surface area contributed by atoms with Crippen molar-refractivity contribution in [2.45, 2.75) is 19.9 Å². The predicted molar refractivity (Wildman–Crippen MR) is 48.6 cm³/mol. The van der Waals surface area contributed by atoms with E-state index in [4.69, 9.17) is 5.11 Å². The Bertz CT molecular complexity index is 185.